The van der Waals surface area contributed by atoms with Crippen molar-refractivity contribution in [2.24, 2.45) is 0 Å². The molecule has 0 aromatic rings. The average molecular weight is 269 g/mol. The Kier molecular flexibility index (Phi) is 17.6. The summed E-state index contributed by atoms with van der Waals surface area (Å²) in [6, 6.07) is 0. The average Bonchev–Trinajstić information content (AvgIpc) is 1.91. The van der Waals surface area contributed by atoms with E-state index in [4.69, 9.17) is 4.89 Å². The summed E-state index contributed by atoms with van der Waals surface area (Å²) in [5.74, 6) is 0. The first-order valence-electron chi connectivity index (χ1n) is 3.12. The van der Waals surface area contributed by atoms with Gasteiger partial charge >= 0.3 is 7.82 Å². The zero-order valence-corrected chi connectivity index (χ0v) is 9.93. The Morgan fingerprint density at radius 1 is 1.25 bits per heavy atom. The molecule has 0 saturated heterocycles. The smallest absolute Gasteiger partial charge is 0.302 e. The fraction of sp³-hybridized carbons (Fsp3) is 1.00. The van der Waals surface area contributed by atoms with Crippen molar-refractivity contribution in [1.82, 2.24) is 0 Å². The Morgan fingerprint density at radius 3 is 1.67 bits per heavy atom. The maximum atomic E-state index is 10.5. The second kappa shape index (κ2) is 11.5. The summed E-state index contributed by atoms with van der Waals surface area (Å²) in [6.45, 7) is 3.63. The third-order valence-electron chi connectivity index (χ3n) is 0.584. The number of halogens is 2. The van der Waals surface area contributed by atoms with Gasteiger partial charge in [0.05, 0.1) is 20.4 Å². The van der Waals surface area contributed by atoms with Gasteiger partial charge in [-0.05, 0) is 13.8 Å². The SMILES string of the molecule is Br.CCOP(=O)(O)OCC.CF. The first-order chi connectivity index (χ1) is 5.12. The summed E-state index contributed by atoms with van der Waals surface area (Å²) in [6.07, 6.45) is 0. The molecule has 0 bridgehead atoms. The third-order valence-corrected chi connectivity index (χ3v) is 1.75. The van der Waals surface area contributed by atoms with Crippen LogP contribution in [0, 0.1) is 0 Å². The van der Waals surface area contributed by atoms with Gasteiger partial charge in [0.2, 0.25) is 0 Å². The largest absolute Gasteiger partial charge is 0.472 e. The molecule has 0 aromatic carbocycles. The van der Waals surface area contributed by atoms with Crippen molar-refractivity contribution in [3.05, 3.63) is 0 Å². The van der Waals surface area contributed by atoms with Crippen LogP contribution in [0.3, 0.4) is 0 Å². The van der Waals surface area contributed by atoms with Crippen LogP contribution in [0.4, 0.5) is 4.39 Å². The summed E-state index contributed by atoms with van der Waals surface area (Å²) in [4.78, 5) is 8.63. The molecule has 0 spiro atoms. The number of alkyl halides is 1. The fourth-order valence-corrected chi connectivity index (χ4v) is 1.09. The van der Waals surface area contributed by atoms with Gasteiger partial charge in [-0.25, -0.2) is 4.57 Å². The number of phosphoric acid groups is 1. The van der Waals surface area contributed by atoms with Gasteiger partial charge in [-0.1, -0.05) is 0 Å². The molecule has 12 heavy (non-hydrogen) atoms. The van der Waals surface area contributed by atoms with Crippen molar-refractivity contribution in [2.75, 3.05) is 20.4 Å². The van der Waals surface area contributed by atoms with E-state index in [0.717, 1.165) is 0 Å². The van der Waals surface area contributed by atoms with Crippen molar-refractivity contribution >= 4 is 24.8 Å². The lowest BCUT2D eigenvalue weighted by Crippen LogP contribution is -1.93. The normalized spacial score (nSPS) is 9.42. The molecule has 78 valence electrons. The van der Waals surface area contributed by atoms with Crippen LogP contribution in [0.2, 0.25) is 0 Å². The molecule has 0 atom stereocenters. The first kappa shape index (κ1) is 18.3. The second-order valence-electron chi connectivity index (χ2n) is 1.30. The molecule has 0 aliphatic rings. The molecule has 0 saturated carbocycles. The molecule has 0 rings (SSSR count). The topological polar surface area (TPSA) is 55.8 Å². The molecule has 0 aliphatic heterocycles. The van der Waals surface area contributed by atoms with Gasteiger partial charge in [-0.3, -0.25) is 13.4 Å². The van der Waals surface area contributed by atoms with Crippen molar-refractivity contribution in [1.29, 1.82) is 0 Å². The summed E-state index contributed by atoms with van der Waals surface area (Å²) in [5, 5.41) is 0. The van der Waals surface area contributed by atoms with E-state index < -0.39 is 7.82 Å². The van der Waals surface area contributed by atoms with E-state index in [0.29, 0.717) is 7.18 Å². The van der Waals surface area contributed by atoms with Crippen molar-refractivity contribution in [3.8, 4) is 0 Å². The lowest BCUT2D eigenvalue weighted by Gasteiger charge is -2.07. The van der Waals surface area contributed by atoms with E-state index in [1.165, 1.54) is 0 Å². The minimum atomic E-state index is -3.69. The molecule has 4 nitrogen and oxygen atoms in total. The lowest BCUT2D eigenvalue weighted by molar-refractivity contribution is 0.161. The molecule has 1 N–H and O–H groups in total. The Labute approximate surface area is 82.5 Å². The van der Waals surface area contributed by atoms with Crippen LogP contribution in [-0.2, 0) is 13.6 Å². The minimum Gasteiger partial charge on any atom is -0.302 e. The van der Waals surface area contributed by atoms with Gasteiger partial charge in [-0.15, -0.1) is 17.0 Å². The first-order valence-corrected chi connectivity index (χ1v) is 4.61. The summed E-state index contributed by atoms with van der Waals surface area (Å²) in [7, 11) is -3.19. The zero-order valence-electron chi connectivity index (χ0n) is 7.32. The third kappa shape index (κ3) is 13.1. The van der Waals surface area contributed by atoms with Crippen LogP contribution in [0.15, 0.2) is 0 Å². The molecule has 0 aromatic heterocycles. The Balaban J connectivity index is -0.000000249. The van der Waals surface area contributed by atoms with Crippen molar-refractivity contribution in [3.63, 3.8) is 0 Å². The van der Waals surface area contributed by atoms with Gasteiger partial charge in [0.15, 0.2) is 0 Å². The van der Waals surface area contributed by atoms with E-state index >= 15 is 0 Å². The van der Waals surface area contributed by atoms with Crippen molar-refractivity contribution in [2.45, 2.75) is 13.8 Å². The predicted molar refractivity (Wildman–Crippen MR) is 50.4 cm³/mol. The highest BCUT2D eigenvalue weighted by Crippen LogP contribution is 2.42. The van der Waals surface area contributed by atoms with Gasteiger partial charge < -0.3 is 4.89 Å². The molecular formula is C5H15BrFO4P. The second-order valence-corrected chi connectivity index (χ2v) is 2.76. The molecule has 0 heterocycles. The summed E-state index contributed by atoms with van der Waals surface area (Å²) in [5.41, 5.74) is 0. The molecule has 0 unspecified atom stereocenters. The maximum absolute atomic E-state index is 10.5. The fourth-order valence-electron chi connectivity index (χ4n) is 0.364. The molecule has 0 aliphatic carbocycles. The van der Waals surface area contributed by atoms with Crippen LogP contribution < -0.4 is 0 Å². The summed E-state index contributed by atoms with van der Waals surface area (Å²) >= 11 is 0. The van der Waals surface area contributed by atoms with E-state index in [9.17, 15) is 8.96 Å². The minimum absolute atomic E-state index is 0. The highest BCUT2D eigenvalue weighted by atomic mass is 79.9. The highest BCUT2D eigenvalue weighted by Gasteiger charge is 2.17. The molecule has 0 fully saturated rings. The highest BCUT2D eigenvalue weighted by molar-refractivity contribution is 8.93. The van der Waals surface area contributed by atoms with Crippen LogP contribution in [0.25, 0.3) is 0 Å². The number of phosphoric ester groups is 1. The zero-order chi connectivity index (χ0) is 9.33. The molecule has 7 heteroatoms. The van der Waals surface area contributed by atoms with Gasteiger partial charge in [0.1, 0.15) is 0 Å². The number of rotatable bonds is 4. The van der Waals surface area contributed by atoms with Gasteiger partial charge in [0.25, 0.3) is 0 Å². The Bertz CT molecular complexity index is 114. The lowest BCUT2D eigenvalue weighted by atomic mass is 10.9. The van der Waals surface area contributed by atoms with Crippen LogP contribution in [-0.4, -0.2) is 25.3 Å². The van der Waals surface area contributed by atoms with E-state index in [2.05, 4.69) is 9.05 Å². The molecular weight excluding hydrogens is 254 g/mol. The molecule has 0 radical (unpaired) electrons. The van der Waals surface area contributed by atoms with Gasteiger partial charge in [-0.2, -0.15) is 0 Å². The van der Waals surface area contributed by atoms with Crippen LogP contribution >= 0.6 is 24.8 Å². The Hall–Kier alpha value is 0.520. The van der Waals surface area contributed by atoms with Crippen LogP contribution in [0.5, 0.6) is 0 Å². The van der Waals surface area contributed by atoms with Gasteiger partial charge in [0, 0.05) is 0 Å². The summed E-state index contributed by atoms with van der Waals surface area (Å²) < 4.78 is 28.7. The van der Waals surface area contributed by atoms with Crippen LogP contribution in [0.1, 0.15) is 13.8 Å². The number of hydrogen-bond donors (Lipinski definition) is 1. The van der Waals surface area contributed by atoms with E-state index in [1.54, 1.807) is 13.8 Å². The Morgan fingerprint density at radius 2 is 1.50 bits per heavy atom. The number of hydrogen-bond acceptors (Lipinski definition) is 3. The van der Waals surface area contributed by atoms with Crippen molar-refractivity contribution < 1.29 is 22.9 Å². The van der Waals surface area contributed by atoms with E-state index in [1.807, 2.05) is 0 Å². The standard InChI is InChI=1S/C4H11O4P.CH3F.BrH/c1-3-7-9(5,6)8-4-2;1-2;/h3-4H2,1-2H3,(H,5,6);1H3;1H. The molecule has 0 amide bonds. The van der Waals surface area contributed by atoms with E-state index in [-0.39, 0.29) is 30.2 Å². The predicted octanol–water partition coefficient (Wildman–Crippen LogP) is 2.32. The monoisotopic (exact) mass is 268 g/mol. The maximum Gasteiger partial charge on any atom is 0.472 e. The quantitative estimate of drug-likeness (QED) is 0.796.